The third kappa shape index (κ3) is 3.44. The first-order valence-corrected chi connectivity index (χ1v) is 2.65. The molecule has 1 N–H and O–H groups in total. The first-order valence-electron chi connectivity index (χ1n) is 2.65. The highest BCUT2D eigenvalue weighted by molar-refractivity contribution is 5.86. The van der Waals surface area contributed by atoms with E-state index in [2.05, 4.69) is 0 Å². The zero-order chi connectivity index (χ0) is 7.98. The number of carboxylic acids is 1. The molecule has 0 spiro atoms. The highest BCUT2D eigenvalue weighted by atomic mass is 16.4. The van der Waals surface area contributed by atoms with Crippen molar-refractivity contribution in [1.29, 1.82) is 5.26 Å². The van der Waals surface area contributed by atoms with Crippen LogP contribution in [-0.2, 0) is 4.79 Å². The second-order valence-electron chi connectivity index (χ2n) is 1.64. The normalized spacial score (nSPS) is 11.4. The van der Waals surface area contributed by atoms with Crippen molar-refractivity contribution in [3.63, 3.8) is 0 Å². The number of rotatable bonds is 2. The van der Waals surface area contributed by atoms with Gasteiger partial charge < -0.3 is 5.11 Å². The molecule has 0 fully saturated rings. The average Bonchev–Trinajstić information content (AvgIpc) is 1.88. The molecule has 0 heterocycles. The summed E-state index contributed by atoms with van der Waals surface area (Å²) in [6.07, 6.45) is 3.97. The van der Waals surface area contributed by atoms with Crippen molar-refractivity contribution in [1.82, 2.24) is 0 Å². The Balaban J connectivity index is 4.08. The van der Waals surface area contributed by atoms with E-state index in [1.54, 1.807) is 6.07 Å². The van der Waals surface area contributed by atoms with Gasteiger partial charge in [-0.25, -0.2) is 4.79 Å². The zero-order valence-corrected chi connectivity index (χ0v) is 5.53. The van der Waals surface area contributed by atoms with Crippen LogP contribution in [0.15, 0.2) is 23.8 Å². The molecule has 0 aliphatic rings. The van der Waals surface area contributed by atoms with E-state index in [1.165, 1.54) is 25.2 Å². The number of hydrogen-bond acceptors (Lipinski definition) is 2. The Hall–Kier alpha value is -1.56. The fourth-order valence-electron chi connectivity index (χ4n) is 0.307. The van der Waals surface area contributed by atoms with Crippen LogP contribution < -0.4 is 0 Å². The van der Waals surface area contributed by atoms with E-state index in [0.29, 0.717) is 0 Å². The van der Waals surface area contributed by atoms with Crippen LogP contribution in [0.5, 0.6) is 0 Å². The van der Waals surface area contributed by atoms with Gasteiger partial charge in [0.2, 0.25) is 0 Å². The molecule has 0 rings (SSSR count). The molecule has 0 aromatic heterocycles. The molecule has 0 unspecified atom stereocenters. The van der Waals surface area contributed by atoms with Crippen LogP contribution >= 0.6 is 0 Å². The zero-order valence-electron chi connectivity index (χ0n) is 5.53. The number of aliphatic carboxylic acids is 1. The summed E-state index contributed by atoms with van der Waals surface area (Å²) in [5.41, 5.74) is 0.214. The molecule has 0 radical (unpaired) electrons. The minimum atomic E-state index is -0.970. The van der Waals surface area contributed by atoms with E-state index in [-0.39, 0.29) is 5.57 Å². The lowest BCUT2D eigenvalue weighted by atomic mass is 10.3. The summed E-state index contributed by atoms with van der Waals surface area (Å²) in [5, 5.41) is 16.3. The molecule has 3 heteroatoms. The van der Waals surface area contributed by atoms with E-state index in [4.69, 9.17) is 10.4 Å². The number of carbonyl (C=O) groups is 1. The van der Waals surface area contributed by atoms with Crippen molar-refractivity contribution in [2.24, 2.45) is 0 Å². The fourth-order valence-corrected chi connectivity index (χ4v) is 0.307. The number of allylic oxidation sites excluding steroid dienone is 3. The predicted molar refractivity (Wildman–Crippen MR) is 36.1 cm³/mol. The topological polar surface area (TPSA) is 61.1 Å². The van der Waals surface area contributed by atoms with Crippen LogP contribution in [0.25, 0.3) is 0 Å². The second-order valence-corrected chi connectivity index (χ2v) is 1.64. The Bertz CT molecular complexity index is 220. The van der Waals surface area contributed by atoms with Gasteiger partial charge in [0.05, 0.1) is 6.07 Å². The number of hydrogen-bond donors (Lipinski definition) is 1. The molecule has 3 nitrogen and oxygen atoms in total. The molecule has 52 valence electrons. The molecule has 0 bridgehead atoms. The molecule has 0 saturated heterocycles. The Morgan fingerprint density at radius 1 is 1.70 bits per heavy atom. The molecule has 0 aliphatic heterocycles. The van der Waals surface area contributed by atoms with Crippen molar-refractivity contribution in [3.05, 3.63) is 23.8 Å². The van der Waals surface area contributed by atoms with Gasteiger partial charge in [-0.05, 0) is 6.92 Å². The monoisotopic (exact) mass is 137 g/mol. The molecule has 10 heavy (non-hydrogen) atoms. The summed E-state index contributed by atoms with van der Waals surface area (Å²) < 4.78 is 0. The van der Waals surface area contributed by atoms with E-state index in [1.807, 2.05) is 0 Å². The summed E-state index contributed by atoms with van der Waals surface area (Å²) >= 11 is 0. The van der Waals surface area contributed by atoms with Crippen LogP contribution in [0.2, 0.25) is 0 Å². The maximum atomic E-state index is 10.1. The van der Waals surface area contributed by atoms with Gasteiger partial charge in [-0.2, -0.15) is 5.26 Å². The molecule has 0 aromatic rings. The van der Waals surface area contributed by atoms with Crippen LogP contribution in [0.3, 0.4) is 0 Å². The minimum Gasteiger partial charge on any atom is -0.478 e. The van der Waals surface area contributed by atoms with Gasteiger partial charge in [-0.1, -0.05) is 12.2 Å². The SMILES string of the molecule is CC(=CC=CC#N)C(=O)O. The van der Waals surface area contributed by atoms with Gasteiger partial charge >= 0.3 is 5.97 Å². The fraction of sp³-hybridized carbons (Fsp3) is 0.143. The number of carboxylic acid groups (broad SMARTS) is 1. The van der Waals surface area contributed by atoms with E-state index in [9.17, 15) is 4.79 Å². The van der Waals surface area contributed by atoms with Gasteiger partial charge in [0.1, 0.15) is 0 Å². The largest absolute Gasteiger partial charge is 0.478 e. The van der Waals surface area contributed by atoms with Crippen molar-refractivity contribution in [2.75, 3.05) is 0 Å². The third-order valence-corrected chi connectivity index (χ3v) is 0.854. The van der Waals surface area contributed by atoms with E-state index in [0.717, 1.165) is 0 Å². The maximum absolute atomic E-state index is 10.1. The maximum Gasteiger partial charge on any atom is 0.331 e. The minimum absolute atomic E-state index is 0.214. The van der Waals surface area contributed by atoms with Crippen molar-refractivity contribution in [3.8, 4) is 6.07 Å². The highest BCUT2D eigenvalue weighted by Crippen LogP contribution is 1.91. The molecular weight excluding hydrogens is 130 g/mol. The first kappa shape index (κ1) is 8.44. The van der Waals surface area contributed by atoms with Crippen molar-refractivity contribution in [2.45, 2.75) is 6.92 Å². The molecule has 0 amide bonds. The third-order valence-electron chi connectivity index (χ3n) is 0.854. The van der Waals surface area contributed by atoms with Gasteiger partial charge in [0, 0.05) is 11.6 Å². The van der Waals surface area contributed by atoms with Gasteiger partial charge in [-0.3, -0.25) is 0 Å². The summed E-state index contributed by atoms with van der Waals surface area (Å²) in [6.45, 7) is 1.46. The van der Waals surface area contributed by atoms with Crippen LogP contribution in [-0.4, -0.2) is 11.1 Å². The average molecular weight is 137 g/mol. The molecule has 0 aromatic carbocycles. The summed E-state index contributed by atoms with van der Waals surface area (Å²) in [5.74, 6) is -0.970. The lowest BCUT2D eigenvalue weighted by Gasteiger charge is -1.85. The van der Waals surface area contributed by atoms with E-state index < -0.39 is 5.97 Å². The Labute approximate surface area is 58.9 Å². The molecule has 0 atom stereocenters. The van der Waals surface area contributed by atoms with Crippen LogP contribution in [0.4, 0.5) is 0 Å². The quantitative estimate of drug-likeness (QED) is 0.352. The second kappa shape index (κ2) is 4.33. The lowest BCUT2D eigenvalue weighted by Crippen LogP contribution is -1.94. The number of nitriles is 1. The van der Waals surface area contributed by atoms with Crippen molar-refractivity contribution >= 4 is 5.97 Å². The summed E-state index contributed by atoms with van der Waals surface area (Å²) in [4.78, 5) is 10.1. The molecule has 0 saturated carbocycles. The first-order chi connectivity index (χ1) is 4.68. The van der Waals surface area contributed by atoms with Gasteiger partial charge in [0.15, 0.2) is 0 Å². The Morgan fingerprint density at radius 3 is 2.70 bits per heavy atom. The standard InChI is InChI=1S/C7H7NO2/c1-6(7(9)10)4-2-3-5-8/h2-4H,1H3,(H,9,10). The molecule has 0 aliphatic carbocycles. The van der Waals surface area contributed by atoms with Crippen LogP contribution in [0, 0.1) is 11.3 Å². The predicted octanol–water partition coefficient (Wildman–Crippen LogP) is 1.10. The van der Waals surface area contributed by atoms with Crippen molar-refractivity contribution < 1.29 is 9.90 Å². The lowest BCUT2D eigenvalue weighted by molar-refractivity contribution is -0.132. The summed E-state index contributed by atoms with van der Waals surface area (Å²) in [7, 11) is 0. The van der Waals surface area contributed by atoms with Crippen LogP contribution in [0.1, 0.15) is 6.92 Å². The molecular formula is C7H7NO2. The van der Waals surface area contributed by atoms with E-state index >= 15 is 0 Å². The number of nitrogens with zero attached hydrogens (tertiary/aromatic N) is 1. The van der Waals surface area contributed by atoms with Gasteiger partial charge in [-0.15, -0.1) is 0 Å². The highest BCUT2D eigenvalue weighted by Gasteiger charge is 1.94. The smallest absolute Gasteiger partial charge is 0.331 e. The Kier molecular flexibility index (Phi) is 3.66. The Morgan fingerprint density at radius 2 is 2.30 bits per heavy atom. The summed E-state index contributed by atoms with van der Waals surface area (Å²) in [6, 6.07) is 1.74. The van der Waals surface area contributed by atoms with Gasteiger partial charge in [0.25, 0.3) is 0 Å².